The molecular formula is C2H3FO4P. The van der Waals surface area contributed by atoms with Gasteiger partial charge in [0.05, 0.1) is 0 Å². The molecule has 1 radical (unpaired) electrons. The van der Waals surface area contributed by atoms with Crippen molar-refractivity contribution in [1.29, 1.82) is 0 Å². The minimum Gasteiger partial charge on any atom is -0.322 e. The minimum absolute atomic E-state index is 0.525. The molecule has 0 heterocycles. The van der Waals surface area contributed by atoms with E-state index in [1.807, 2.05) is 0 Å². The second kappa shape index (κ2) is 2.35. The molecule has 1 atom stereocenters. The van der Waals surface area contributed by atoms with E-state index >= 15 is 0 Å². The molecule has 0 saturated carbocycles. The van der Waals surface area contributed by atoms with Gasteiger partial charge < -0.3 is 9.79 Å². The van der Waals surface area contributed by atoms with Crippen molar-refractivity contribution < 1.29 is 23.5 Å². The van der Waals surface area contributed by atoms with Gasteiger partial charge in [-0.3, -0.25) is 9.36 Å². The molecule has 0 aromatic heterocycles. The average molecular weight is 141 g/mol. The largest absolute Gasteiger partial charge is 0.367 e. The molecule has 47 valence electrons. The first kappa shape index (κ1) is 7.75. The topological polar surface area (TPSA) is 74.6 Å². The molecule has 0 bridgehead atoms. The summed E-state index contributed by atoms with van der Waals surface area (Å²) in [6.07, 6.45) is 0.525. The van der Waals surface area contributed by atoms with E-state index in [1.54, 1.807) is 0 Å². The first-order valence-corrected chi connectivity index (χ1v) is 3.23. The highest BCUT2D eigenvalue weighted by Gasteiger charge is 2.28. The van der Waals surface area contributed by atoms with E-state index in [0.29, 0.717) is 6.29 Å². The van der Waals surface area contributed by atoms with Crippen LogP contribution >= 0.6 is 7.60 Å². The predicted molar refractivity (Wildman–Crippen MR) is 22.6 cm³/mol. The third-order valence-electron chi connectivity index (χ3n) is 0.393. The Morgan fingerprint density at radius 3 is 2.00 bits per heavy atom. The van der Waals surface area contributed by atoms with Crippen molar-refractivity contribution in [3.05, 3.63) is 0 Å². The summed E-state index contributed by atoms with van der Waals surface area (Å²) in [6, 6.07) is 0. The highest BCUT2D eigenvalue weighted by molar-refractivity contribution is 7.53. The van der Waals surface area contributed by atoms with Gasteiger partial charge in [0.25, 0.3) is 5.91 Å². The van der Waals surface area contributed by atoms with Crippen LogP contribution in [-0.2, 0) is 9.36 Å². The number of hydrogen-bond donors (Lipinski definition) is 2. The number of carbonyl (C=O) groups excluding carboxylic acids is 1. The van der Waals surface area contributed by atoms with E-state index in [2.05, 4.69) is 0 Å². The highest BCUT2D eigenvalue weighted by Crippen LogP contribution is 2.40. The van der Waals surface area contributed by atoms with Crippen LogP contribution in [0.3, 0.4) is 0 Å². The number of rotatable bonds is 2. The molecule has 0 aromatic carbocycles. The maximum absolute atomic E-state index is 11.5. The predicted octanol–water partition coefficient (Wildman–Crippen LogP) is -0.431. The van der Waals surface area contributed by atoms with Crippen LogP contribution in [-0.4, -0.2) is 22.0 Å². The molecule has 1 unspecified atom stereocenters. The van der Waals surface area contributed by atoms with E-state index in [-0.39, 0.29) is 0 Å². The van der Waals surface area contributed by atoms with Crippen molar-refractivity contribution >= 4 is 13.9 Å². The van der Waals surface area contributed by atoms with E-state index in [0.717, 1.165) is 0 Å². The summed E-state index contributed by atoms with van der Waals surface area (Å²) in [5.41, 5.74) is 0. The molecule has 6 heteroatoms. The monoisotopic (exact) mass is 141 g/mol. The van der Waals surface area contributed by atoms with Crippen molar-refractivity contribution in [3.63, 3.8) is 0 Å². The van der Waals surface area contributed by atoms with Crippen molar-refractivity contribution in [2.75, 3.05) is 0 Å². The Hall–Kier alpha value is -0.250. The molecule has 0 spiro atoms. The number of alkyl halides is 1. The Bertz CT molecular complexity index is 128. The Balaban J connectivity index is 4.02. The van der Waals surface area contributed by atoms with Crippen LogP contribution in [0, 0.1) is 0 Å². The molecule has 0 aliphatic heterocycles. The molecular weight excluding hydrogens is 138 g/mol. The van der Waals surface area contributed by atoms with Crippen LogP contribution in [0.5, 0.6) is 0 Å². The van der Waals surface area contributed by atoms with Gasteiger partial charge in [0, 0.05) is 0 Å². The van der Waals surface area contributed by atoms with Gasteiger partial charge in [0.2, 0.25) is 6.29 Å². The lowest BCUT2D eigenvalue weighted by molar-refractivity contribution is 0.326. The van der Waals surface area contributed by atoms with Crippen LogP contribution in [0.2, 0.25) is 0 Å². The fourth-order valence-corrected chi connectivity index (χ4v) is 0.206. The number of halogens is 1. The van der Waals surface area contributed by atoms with Gasteiger partial charge in [-0.25, -0.2) is 4.39 Å². The van der Waals surface area contributed by atoms with E-state index in [9.17, 15) is 8.96 Å². The Kier molecular flexibility index (Phi) is 2.27. The molecule has 8 heavy (non-hydrogen) atoms. The zero-order valence-electron chi connectivity index (χ0n) is 3.61. The normalized spacial score (nSPS) is 15.4. The fourth-order valence-electron chi connectivity index (χ4n) is 0.0687. The molecule has 0 saturated heterocycles. The Labute approximate surface area is 44.5 Å². The summed E-state index contributed by atoms with van der Waals surface area (Å²) < 4.78 is 21.1. The first-order chi connectivity index (χ1) is 3.48. The Morgan fingerprint density at radius 2 is 2.00 bits per heavy atom. The summed E-state index contributed by atoms with van der Waals surface area (Å²) in [5.74, 6) is -2.79. The SMILES string of the molecule is O=[C]C(F)P(=O)(O)O. The lowest BCUT2D eigenvalue weighted by atomic mass is 10.9. The average Bonchev–Trinajstić information content (AvgIpc) is 1.62. The number of hydrogen-bond acceptors (Lipinski definition) is 2. The second-order valence-corrected chi connectivity index (χ2v) is 2.67. The molecule has 0 aromatic rings. The van der Waals surface area contributed by atoms with E-state index in [1.165, 1.54) is 0 Å². The van der Waals surface area contributed by atoms with Gasteiger partial charge in [-0.05, 0) is 0 Å². The molecule has 2 N–H and O–H groups in total. The van der Waals surface area contributed by atoms with Gasteiger partial charge in [-0.15, -0.1) is 0 Å². The van der Waals surface area contributed by atoms with E-state index in [4.69, 9.17) is 14.6 Å². The van der Waals surface area contributed by atoms with Crippen molar-refractivity contribution in [2.24, 2.45) is 0 Å². The van der Waals surface area contributed by atoms with Gasteiger partial charge >= 0.3 is 7.60 Å². The fraction of sp³-hybridized carbons (Fsp3) is 0.500. The van der Waals surface area contributed by atoms with Crippen LogP contribution in [0.1, 0.15) is 0 Å². The van der Waals surface area contributed by atoms with Gasteiger partial charge in [-0.1, -0.05) is 0 Å². The van der Waals surface area contributed by atoms with Crippen molar-refractivity contribution in [3.8, 4) is 0 Å². The third-order valence-corrected chi connectivity index (χ3v) is 1.09. The minimum atomic E-state index is -4.85. The highest BCUT2D eigenvalue weighted by atomic mass is 31.2. The molecule has 0 aliphatic rings. The van der Waals surface area contributed by atoms with Gasteiger partial charge in [-0.2, -0.15) is 0 Å². The molecule has 0 aliphatic carbocycles. The maximum Gasteiger partial charge on any atom is 0.367 e. The maximum atomic E-state index is 11.5. The summed E-state index contributed by atoms with van der Waals surface area (Å²) in [7, 11) is -4.85. The lowest BCUT2D eigenvalue weighted by Gasteiger charge is -1.98. The second-order valence-electron chi connectivity index (χ2n) is 1.04. The Morgan fingerprint density at radius 1 is 1.62 bits per heavy atom. The smallest absolute Gasteiger partial charge is 0.322 e. The standard InChI is InChI=1S/C2H3FO4P/c3-2(1-4)8(5,6)7/h2H,(H2,5,6,7). The van der Waals surface area contributed by atoms with Crippen LogP contribution in [0.15, 0.2) is 0 Å². The molecule has 0 amide bonds. The summed E-state index contributed by atoms with van der Waals surface area (Å²) >= 11 is 0. The quantitative estimate of drug-likeness (QED) is 0.511. The zero-order valence-corrected chi connectivity index (χ0v) is 4.51. The van der Waals surface area contributed by atoms with Crippen molar-refractivity contribution in [1.82, 2.24) is 0 Å². The molecule has 4 nitrogen and oxygen atoms in total. The molecule has 0 fully saturated rings. The lowest BCUT2D eigenvalue weighted by Crippen LogP contribution is -2.00. The van der Waals surface area contributed by atoms with Crippen LogP contribution in [0.25, 0.3) is 0 Å². The molecule has 0 rings (SSSR count). The van der Waals surface area contributed by atoms with Gasteiger partial charge in [0.15, 0.2) is 0 Å². The summed E-state index contributed by atoms with van der Waals surface area (Å²) in [5, 5.41) is 0. The van der Waals surface area contributed by atoms with Gasteiger partial charge in [0.1, 0.15) is 0 Å². The van der Waals surface area contributed by atoms with Crippen LogP contribution in [0.4, 0.5) is 4.39 Å². The summed E-state index contributed by atoms with van der Waals surface area (Å²) in [6.45, 7) is 0. The van der Waals surface area contributed by atoms with Crippen LogP contribution < -0.4 is 0 Å². The first-order valence-electron chi connectivity index (χ1n) is 1.55. The summed E-state index contributed by atoms with van der Waals surface area (Å²) in [4.78, 5) is 24.7. The zero-order chi connectivity index (χ0) is 6.78. The van der Waals surface area contributed by atoms with Crippen molar-refractivity contribution in [2.45, 2.75) is 5.91 Å². The van der Waals surface area contributed by atoms with E-state index < -0.39 is 13.5 Å². The third kappa shape index (κ3) is 2.16.